The summed E-state index contributed by atoms with van der Waals surface area (Å²) in [4.78, 5) is 5.76. The summed E-state index contributed by atoms with van der Waals surface area (Å²) in [5.74, 6) is 1.01. The lowest BCUT2D eigenvalue weighted by atomic mass is 10.4. The molecule has 0 aromatic carbocycles. The van der Waals surface area contributed by atoms with Crippen molar-refractivity contribution in [1.82, 2.24) is 4.31 Å². The number of nitrogens with one attached hydrogen (secondary N) is 1. The third kappa shape index (κ3) is 2.47. The molecular formula is C13H20N3O2S+. The van der Waals surface area contributed by atoms with Gasteiger partial charge in [0, 0.05) is 19.2 Å². The van der Waals surface area contributed by atoms with E-state index in [4.69, 9.17) is 0 Å². The van der Waals surface area contributed by atoms with Crippen molar-refractivity contribution >= 4 is 15.8 Å². The molecule has 0 aliphatic carbocycles. The maximum atomic E-state index is 12.4. The smallest absolute Gasteiger partial charge is 0.262 e. The van der Waals surface area contributed by atoms with Gasteiger partial charge < -0.3 is 0 Å². The van der Waals surface area contributed by atoms with E-state index in [1.807, 2.05) is 6.07 Å². The van der Waals surface area contributed by atoms with Gasteiger partial charge in [-0.15, -0.1) is 0 Å². The molecule has 5 nitrogen and oxygen atoms in total. The van der Waals surface area contributed by atoms with Gasteiger partial charge in [0.1, 0.15) is 11.1 Å². The lowest BCUT2D eigenvalue weighted by Gasteiger charge is -2.15. The maximum Gasteiger partial charge on any atom is 0.274 e. The zero-order chi connectivity index (χ0) is 13.3. The fourth-order valence-electron chi connectivity index (χ4n) is 2.80. The molecule has 0 atom stereocenters. The van der Waals surface area contributed by atoms with Gasteiger partial charge in [-0.1, -0.05) is 0 Å². The maximum absolute atomic E-state index is 12.4. The highest BCUT2D eigenvalue weighted by Crippen LogP contribution is 2.21. The molecule has 2 saturated heterocycles. The molecule has 1 aromatic rings. The molecule has 2 aliphatic rings. The molecule has 6 heteroatoms. The minimum absolute atomic E-state index is 0.373. The standard InChI is InChI=1S/C13H19N3O2S/c17-19(18,16-9-3-4-10-16)12-5-6-13(14-11-12)15-7-1-2-8-15/h5-6,11H,1-4,7-10H2/p+1. The second-order valence-electron chi connectivity index (χ2n) is 5.21. The average Bonchev–Trinajstić information content (AvgIpc) is 3.12. The van der Waals surface area contributed by atoms with Crippen LogP contribution in [0.3, 0.4) is 0 Å². The van der Waals surface area contributed by atoms with Gasteiger partial charge >= 0.3 is 0 Å². The van der Waals surface area contributed by atoms with Crippen LogP contribution in [-0.4, -0.2) is 38.9 Å². The summed E-state index contributed by atoms with van der Waals surface area (Å²) in [6, 6.07) is 3.60. The van der Waals surface area contributed by atoms with Crippen molar-refractivity contribution < 1.29 is 13.4 Å². The van der Waals surface area contributed by atoms with E-state index < -0.39 is 10.0 Å². The zero-order valence-corrected chi connectivity index (χ0v) is 11.8. The fourth-order valence-corrected chi connectivity index (χ4v) is 4.28. The van der Waals surface area contributed by atoms with Crippen LogP contribution in [0.4, 0.5) is 5.82 Å². The zero-order valence-electron chi connectivity index (χ0n) is 11.0. The van der Waals surface area contributed by atoms with Gasteiger partial charge in [0.2, 0.25) is 10.0 Å². The van der Waals surface area contributed by atoms with Gasteiger partial charge in [0.25, 0.3) is 5.82 Å². The Kier molecular flexibility index (Phi) is 3.45. The first-order chi connectivity index (χ1) is 9.18. The molecule has 19 heavy (non-hydrogen) atoms. The van der Waals surface area contributed by atoms with Crippen LogP contribution in [-0.2, 0) is 10.0 Å². The van der Waals surface area contributed by atoms with Crippen LogP contribution in [0.25, 0.3) is 0 Å². The first-order valence-electron chi connectivity index (χ1n) is 6.95. The quantitative estimate of drug-likeness (QED) is 0.827. The first kappa shape index (κ1) is 12.9. The van der Waals surface area contributed by atoms with Crippen molar-refractivity contribution in [2.24, 2.45) is 0 Å². The molecule has 0 spiro atoms. The SMILES string of the molecule is O=S(=O)(c1ccc(N2CCCC2)[nH+]c1)N1CCCC1. The highest BCUT2D eigenvalue weighted by Gasteiger charge is 2.28. The number of sulfonamides is 1. The van der Waals surface area contributed by atoms with Gasteiger partial charge in [0.05, 0.1) is 13.1 Å². The highest BCUT2D eigenvalue weighted by atomic mass is 32.2. The Balaban J connectivity index is 1.81. The summed E-state index contributed by atoms with van der Waals surface area (Å²) in [5.41, 5.74) is 0. The Morgan fingerprint density at radius 1 is 0.947 bits per heavy atom. The summed E-state index contributed by atoms with van der Waals surface area (Å²) < 4.78 is 26.3. The molecule has 0 unspecified atom stereocenters. The van der Waals surface area contributed by atoms with E-state index in [1.54, 1.807) is 16.6 Å². The van der Waals surface area contributed by atoms with E-state index in [1.165, 1.54) is 12.8 Å². The topological polar surface area (TPSA) is 54.8 Å². The number of anilines is 1. The van der Waals surface area contributed by atoms with E-state index in [2.05, 4.69) is 9.88 Å². The Labute approximate surface area is 114 Å². The van der Waals surface area contributed by atoms with Crippen LogP contribution < -0.4 is 9.88 Å². The third-order valence-corrected chi connectivity index (χ3v) is 5.81. The minimum atomic E-state index is -3.30. The average molecular weight is 282 g/mol. The number of aromatic nitrogens is 1. The van der Waals surface area contributed by atoms with Crippen molar-refractivity contribution in [2.75, 3.05) is 31.1 Å². The van der Waals surface area contributed by atoms with Gasteiger partial charge in [-0.3, -0.25) is 4.90 Å². The molecule has 0 saturated carbocycles. The van der Waals surface area contributed by atoms with Gasteiger partial charge in [-0.2, -0.15) is 4.31 Å². The number of aromatic amines is 1. The number of hydrogen-bond donors (Lipinski definition) is 0. The highest BCUT2D eigenvalue weighted by molar-refractivity contribution is 7.89. The van der Waals surface area contributed by atoms with Crippen LogP contribution in [0, 0.1) is 0 Å². The monoisotopic (exact) mass is 282 g/mol. The van der Waals surface area contributed by atoms with Gasteiger partial charge in [-0.25, -0.2) is 13.4 Å². The Bertz CT molecular complexity index is 530. The molecule has 0 radical (unpaired) electrons. The Morgan fingerprint density at radius 3 is 2.16 bits per heavy atom. The predicted molar refractivity (Wildman–Crippen MR) is 72.4 cm³/mol. The van der Waals surface area contributed by atoms with Crippen molar-refractivity contribution in [3.63, 3.8) is 0 Å². The number of rotatable bonds is 3. The summed E-state index contributed by atoms with van der Waals surface area (Å²) >= 11 is 0. The molecular weight excluding hydrogens is 262 g/mol. The predicted octanol–water partition coefficient (Wildman–Crippen LogP) is 0.885. The molecule has 1 N–H and O–H groups in total. The summed E-state index contributed by atoms with van der Waals surface area (Å²) in [7, 11) is -3.30. The fraction of sp³-hybridized carbons (Fsp3) is 0.615. The molecule has 3 heterocycles. The number of pyridine rings is 1. The van der Waals surface area contributed by atoms with E-state index in [-0.39, 0.29) is 0 Å². The Morgan fingerprint density at radius 2 is 1.58 bits per heavy atom. The third-order valence-electron chi connectivity index (χ3n) is 3.92. The molecule has 2 fully saturated rings. The van der Waals surface area contributed by atoms with Crippen molar-refractivity contribution in [2.45, 2.75) is 30.6 Å². The summed E-state index contributed by atoms with van der Waals surface area (Å²) in [6.07, 6.45) is 5.98. The van der Waals surface area contributed by atoms with Crippen molar-refractivity contribution in [3.8, 4) is 0 Å². The molecule has 0 bridgehead atoms. The van der Waals surface area contributed by atoms with E-state index in [0.29, 0.717) is 18.0 Å². The summed E-state index contributed by atoms with van der Waals surface area (Å²) in [6.45, 7) is 3.40. The molecule has 0 amide bonds. The van der Waals surface area contributed by atoms with Crippen LogP contribution in [0.2, 0.25) is 0 Å². The first-order valence-corrected chi connectivity index (χ1v) is 8.39. The number of H-pyrrole nitrogens is 1. The van der Waals surface area contributed by atoms with E-state index in [9.17, 15) is 8.42 Å². The normalized spacial score (nSPS) is 21.2. The van der Waals surface area contributed by atoms with Crippen LogP contribution in [0.15, 0.2) is 23.2 Å². The molecule has 1 aromatic heterocycles. The van der Waals surface area contributed by atoms with Crippen molar-refractivity contribution in [1.29, 1.82) is 0 Å². The second-order valence-corrected chi connectivity index (χ2v) is 7.15. The molecule has 3 rings (SSSR count). The van der Waals surface area contributed by atoms with Crippen LogP contribution in [0.5, 0.6) is 0 Å². The lowest BCUT2D eigenvalue weighted by molar-refractivity contribution is -0.367. The van der Waals surface area contributed by atoms with Gasteiger partial charge in [0.15, 0.2) is 0 Å². The van der Waals surface area contributed by atoms with Crippen LogP contribution in [0.1, 0.15) is 25.7 Å². The lowest BCUT2D eigenvalue weighted by Crippen LogP contribution is -2.30. The van der Waals surface area contributed by atoms with Crippen molar-refractivity contribution in [3.05, 3.63) is 18.3 Å². The number of nitrogens with zero attached hydrogens (tertiary/aromatic N) is 2. The van der Waals surface area contributed by atoms with E-state index >= 15 is 0 Å². The summed E-state index contributed by atoms with van der Waals surface area (Å²) in [5, 5.41) is 0. The van der Waals surface area contributed by atoms with Crippen LogP contribution >= 0.6 is 0 Å². The molecule has 104 valence electrons. The second kappa shape index (κ2) is 5.09. The Hall–Kier alpha value is -1.14. The van der Waals surface area contributed by atoms with Gasteiger partial charge in [-0.05, 0) is 31.7 Å². The largest absolute Gasteiger partial charge is 0.274 e. The number of hydrogen-bond acceptors (Lipinski definition) is 3. The van der Waals surface area contributed by atoms with E-state index in [0.717, 1.165) is 31.7 Å². The molecule has 2 aliphatic heterocycles. The minimum Gasteiger partial charge on any atom is -0.262 e.